The highest BCUT2D eigenvalue weighted by Crippen LogP contribution is 2.37. The number of anilines is 2. The number of pyridine rings is 1. The summed E-state index contributed by atoms with van der Waals surface area (Å²) in [4.78, 5) is 22.3. The van der Waals surface area contributed by atoms with E-state index >= 15 is 0 Å². The third-order valence-electron chi connectivity index (χ3n) is 5.60. The minimum absolute atomic E-state index is 0.458. The first-order valence-electron chi connectivity index (χ1n) is 10.0. The van der Waals surface area contributed by atoms with Crippen LogP contribution in [-0.2, 0) is 12.8 Å². The Balaban J connectivity index is 1.47. The molecule has 0 spiro atoms. The zero-order valence-corrected chi connectivity index (χ0v) is 16.1. The molecule has 0 saturated carbocycles. The molecule has 0 unspecified atom stereocenters. The first-order valence-corrected chi connectivity index (χ1v) is 10.0. The molecule has 0 aliphatic heterocycles. The molecule has 5 aromatic rings. The van der Waals surface area contributed by atoms with Crippen molar-refractivity contribution in [3.05, 3.63) is 60.3 Å². The fraction of sp³-hybridized carbons (Fsp3) is 0.182. The highest BCUT2D eigenvalue weighted by atomic mass is 15.2. The van der Waals surface area contributed by atoms with Crippen molar-refractivity contribution in [1.82, 2.24) is 35.1 Å². The summed E-state index contributed by atoms with van der Waals surface area (Å²) in [6.45, 7) is 0. The average Bonchev–Trinajstić information content (AvgIpc) is 3.29. The van der Waals surface area contributed by atoms with E-state index in [0.29, 0.717) is 11.9 Å². The van der Waals surface area contributed by atoms with Gasteiger partial charge < -0.3 is 0 Å². The number of nitrogens with zero attached hydrogens (tertiary/aromatic N) is 6. The number of H-pyrrole nitrogens is 1. The Morgan fingerprint density at radius 1 is 0.833 bits per heavy atom. The number of aromatic amines is 1. The van der Waals surface area contributed by atoms with Gasteiger partial charge in [-0.25, -0.2) is 24.9 Å². The Morgan fingerprint density at radius 3 is 2.43 bits per heavy atom. The molecule has 0 saturated heterocycles. The van der Waals surface area contributed by atoms with Crippen LogP contribution in [0.3, 0.4) is 0 Å². The number of aryl methyl sites for hydroxylation is 1. The highest BCUT2D eigenvalue weighted by Gasteiger charge is 2.21. The number of aromatic nitrogens is 7. The van der Waals surface area contributed by atoms with Gasteiger partial charge in [-0.2, -0.15) is 5.10 Å². The van der Waals surface area contributed by atoms with E-state index in [0.717, 1.165) is 40.5 Å². The Bertz CT molecular complexity index is 1360. The lowest BCUT2D eigenvalue weighted by molar-refractivity contribution is 0.689. The van der Waals surface area contributed by atoms with Crippen molar-refractivity contribution in [1.29, 1.82) is 0 Å². The fourth-order valence-corrected chi connectivity index (χ4v) is 4.26. The van der Waals surface area contributed by atoms with Crippen LogP contribution < -0.4 is 5.32 Å². The molecule has 4 heterocycles. The standard InChI is InChI=1S/C22H18N8/c1-2-5-15-14(4-1)19-16-12-27-30-17(16)6-7-18(19)28-20(15)13-10-25-22(26-11-13)29-21-23-8-3-9-24-21/h3,6-12H,1-2,4-5H2,(H,27,30)(H,23,24,25,26,29). The minimum atomic E-state index is 0.458. The number of fused-ring (bicyclic) bond motifs is 5. The number of hydrogen-bond acceptors (Lipinski definition) is 7. The number of benzene rings is 1. The molecule has 0 fully saturated rings. The number of rotatable bonds is 3. The Kier molecular flexibility index (Phi) is 3.87. The lowest BCUT2D eigenvalue weighted by Gasteiger charge is -2.21. The molecule has 146 valence electrons. The molecule has 4 aromatic heterocycles. The molecule has 8 nitrogen and oxygen atoms in total. The van der Waals surface area contributed by atoms with Crippen molar-refractivity contribution >= 4 is 33.7 Å². The molecule has 0 amide bonds. The van der Waals surface area contributed by atoms with E-state index in [4.69, 9.17) is 4.98 Å². The Morgan fingerprint density at radius 2 is 1.60 bits per heavy atom. The molecule has 30 heavy (non-hydrogen) atoms. The zero-order chi connectivity index (χ0) is 19.9. The topological polar surface area (TPSA) is 105 Å². The van der Waals surface area contributed by atoms with Gasteiger partial charge in [0.1, 0.15) is 0 Å². The second-order valence-corrected chi connectivity index (χ2v) is 7.41. The van der Waals surface area contributed by atoms with Gasteiger partial charge in [0.05, 0.1) is 22.9 Å². The number of nitrogens with one attached hydrogen (secondary N) is 2. The summed E-state index contributed by atoms with van der Waals surface area (Å²) in [5, 5.41) is 12.7. The van der Waals surface area contributed by atoms with Gasteiger partial charge >= 0.3 is 0 Å². The van der Waals surface area contributed by atoms with E-state index in [-0.39, 0.29) is 0 Å². The predicted molar refractivity (Wildman–Crippen MR) is 114 cm³/mol. The van der Waals surface area contributed by atoms with Crippen molar-refractivity contribution < 1.29 is 0 Å². The van der Waals surface area contributed by atoms with E-state index in [1.807, 2.05) is 24.7 Å². The maximum atomic E-state index is 5.04. The Hall–Kier alpha value is -3.94. The number of hydrogen-bond donors (Lipinski definition) is 2. The first-order chi connectivity index (χ1) is 14.9. The summed E-state index contributed by atoms with van der Waals surface area (Å²) in [6.07, 6.45) is 13.3. The Labute approximate surface area is 171 Å². The summed E-state index contributed by atoms with van der Waals surface area (Å²) in [5.41, 5.74) is 6.61. The van der Waals surface area contributed by atoms with Gasteiger partial charge in [-0.3, -0.25) is 10.4 Å². The highest BCUT2D eigenvalue weighted by molar-refractivity contribution is 6.07. The van der Waals surface area contributed by atoms with Crippen LogP contribution in [0.4, 0.5) is 11.9 Å². The van der Waals surface area contributed by atoms with Gasteiger partial charge in [0, 0.05) is 41.1 Å². The zero-order valence-electron chi connectivity index (χ0n) is 16.1. The van der Waals surface area contributed by atoms with Gasteiger partial charge in [0.25, 0.3) is 0 Å². The van der Waals surface area contributed by atoms with Crippen LogP contribution in [0.15, 0.2) is 49.2 Å². The molecule has 1 aliphatic carbocycles. The van der Waals surface area contributed by atoms with E-state index in [1.54, 1.807) is 18.5 Å². The van der Waals surface area contributed by atoms with Crippen LogP contribution in [-0.4, -0.2) is 35.1 Å². The largest absolute Gasteiger partial charge is 0.293 e. The van der Waals surface area contributed by atoms with Gasteiger partial charge in [-0.15, -0.1) is 0 Å². The molecular formula is C22H18N8. The molecule has 6 rings (SSSR count). The van der Waals surface area contributed by atoms with Crippen LogP contribution in [0.1, 0.15) is 24.0 Å². The first kappa shape index (κ1) is 17.0. The fourth-order valence-electron chi connectivity index (χ4n) is 4.26. The molecule has 1 aliphatic rings. The third-order valence-corrected chi connectivity index (χ3v) is 5.60. The second kappa shape index (κ2) is 6.84. The molecular weight excluding hydrogens is 376 g/mol. The van der Waals surface area contributed by atoms with E-state index in [1.165, 1.54) is 29.4 Å². The average molecular weight is 394 g/mol. The van der Waals surface area contributed by atoms with E-state index in [2.05, 4.69) is 41.5 Å². The van der Waals surface area contributed by atoms with Crippen molar-refractivity contribution in [2.75, 3.05) is 5.32 Å². The third kappa shape index (κ3) is 2.76. The monoisotopic (exact) mass is 394 g/mol. The molecule has 8 heteroatoms. The van der Waals surface area contributed by atoms with Gasteiger partial charge in [0.2, 0.25) is 11.9 Å². The van der Waals surface area contributed by atoms with Gasteiger partial charge in [0.15, 0.2) is 0 Å². The molecule has 1 aromatic carbocycles. The van der Waals surface area contributed by atoms with E-state index in [9.17, 15) is 0 Å². The van der Waals surface area contributed by atoms with E-state index < -0.39 is 0 Å². The second-order valence-electron chi connectivity index (χ2n) is 7.41. The maximum Gasteiger partial charge on any atom is 0.229 e. The van der Waals surface area contributed by atoms with Crippen molar-refractivity contribution in [2.45, 2.75) is 25.7 Å². The molecule has 2 N–H and O–H groups in total. The molecule has 0 bridgehead atoms. The SMILES string of the molecule is c1cnc(Nc2ncc(-c3nc4ccc5[nH]ncc5c4c4c3CCCC4)cn2)nc1. The van der Waals surface area contributed by atoms with Gasteiger partial charge in [-0.05, 0) is 55.0 Å². The summed E-state index contributed by atoms with van der Waals surface area (Å²) < 4.78 is 0. The quantitative estimate of drug-likeness (QED) is 0.477. The van der Waals surface area contributed by atoms with Crippen LogP contribution in [0.5, 0.6) is 0 Å². The molecule has 0 atom stereocenters. The summed E-state index contributed by atoms with van der Waals surface area (Å²) in [7, 11) is 0. The van der Waals surface area contributed by atoms with Crippen molar-refractivity contribution in [2.24, 2.45) is 0 Å². The van der Waals surface area contributed by atoms with Crippen molar-refractivity contribution in [3.63, 3.8) is 0 Å². The predicted octanol–water partition coefficient (Wildman–Crippen LogP) is 3.98. The maximum absolute atomic E-state index is 5.04. The van der Waals surface area contributed by atoms with Crippen molar-refractivity contribution in [3.8, 4) is 11.3 Å². The normalized spacial score (nSPS) is 13.5. The molecule has 0 radical (unpaired) electrons. The minimum Gasteiger partial charge on any atom is -0.293 e. The van der Waals surface area contributed by atoms with Crippen LogP contribution in [0, 0.1) is 0 Å². The summed E-state index contributed by atoms with van der Waals surface area (Å²) in [5.74, 6) is 0.926. The lowest BCUT2D eigenvalue weighted by atomic mass is 9.86. The summed E-state index contributed by atoms with van der Waals surface area (Å²) >= 11 is 0. The summed E-state index contributed by atoms with van der Waals surface area (Å²) in [6, 6.07) is 5.87. The smallest absolute Gasteiger partial charge is 0.229 e. The van der Waals surface area contributed by atoms with Crippen LogP contribution in [0.25, 0.3) is 33.1 Å². The van der Waals surface area contributed by atoms with Gasteiger partial charge in [-0.1, -0.05) is 0 Å². The van der Waals surface area contributed by atoms with Crippen LogP contribution in [0.2, 0.25) is 0 Å². The lowest BCUT2D eigenvalue weighted by Crippen LogP contribution is -2.08. The van der Waals surface area contributed by atoms with Crippen LogP contribution >= 0.6 is 0 Å².